The van der Waals surface area contributed by atoms with Crippen LogP contribution in [0.25, 0.3) is 0 Å². The van der Waals surface area contributed by atoms with Crippen molar-refractivity contribution in [3.8, 4) is 6.07 Å². The lowest BCUT2D eigenvalue weighted by molar-refractivity contribution is 0.0686. The molecule has 1 aromatic rings. The summed E-state index contributed by atoms with van der Waals surface area (Å²) >= 11 is 0. The fourth-order valence-corrected chi connectivity index (χ4v) is 1.75. The summed E-state index contributed by atoms with van der Waals surface area (Å²) in [5.74, 6) is -0.355. The number of hydrogen-bond acceptors (Lipinski definition) is 5. The van der Waals surface area contributed by atoms with Crippen LogP contribution < -0.4 is 5.43 Å². The lowest BCUT2D eigenvalue weighted by Gasteiger charge is -2.28. The molecular formula is C13H14FN5O. The zero-order chi connectivity index (χ0) is 14.4. The first-order valence-corrected chi connectivity index (χ1v) is 6.11. The van der Waals surface area contributed by atoms with Gasteiger partial charge in [-0.05, 0) is 18.2 Å². The molecule has 1 aromatic carbocycles. The first-order valence-electron chi connectivity index (χ1n) is 6.11. The van der Waals surface area contributed by atoms with Crippen LogP contribution in [0.3, 0.4) is 0 Å². The van der Waals surface area contributed by atoms with E-state index in [1.165, 1.54) is 18.2 Å². The molecule has 1 aliphatic rings. The van der Waals surface area contributed by atoms with Crippen molar-refractivity contribution >= 4 is 17.2 Å². The number of nitrogens with zero attached hydrogens (tertiary/aromatic N) is 3. The van der Waals surface area contributed by atoms with E-state index in [0.29, 0.717) is 32.0 Å². The van der Waals surface area contributed by atoms with Crippen molar-refractivity contribution in [2.45, 2.75) is 0 Å². The van der Waals surface area contributed by atoms with E-state index in [0.717, 1.165) is 0 Å². The largest absolute Gasteiger partial charge is 0.378 e. The van der Waals surface area contributed by atoms with Crippen LogP contribution in [0.1, 0.15) is 0 Å². The second kappa shape index (κ2) is 6.63. The lowest BCUT2D eigenvalue weighted by atomic mass is 10.3. The van der Waals surface area contributed by atoms with Crippen LogP contribution in [-0.2, 0) is 4.74 Å². The summed E-state index contributed by atoms with van der Waals surface area (Å²) in [5, 5.41) is 20.9. The van der Waals surface area contributed by atoms with Crippen molar-refractivity contribution in [2.75, 3.05) is 31.7 Å². The first-order chi connectivity index (χ1) is 9.70. The summed E-state index contributed by atoms with van der Waals surface area (Å²) in [7, 11) is 0. The average molecular weight is 275 g/mol. The van der Waals surface area contributed by atoms with Crippen molar-refractivity contribution in [3.63, 3.8) is 0 Å². The molecule has 0 spiro atoms. The van der Waals surface area contributed by atoms with Gasteiger partial charge in [0.1, 0.15) is 11.9 Å². The summed E-state index contributed by atoms with van der Waals surface area (Å²) in [6.45, 7) is 2.16. The van der Waals surface area contributed by atoms with Crippen LogP contribution in [0.5, 0.6) is 0 Å². The molecule has 2 rings (SSSR count). The van der Waals surface area contributed by atoms with Gasteiger partial charge in [0.15, 0.2) is 5.84 Å². The van der Waals surface area contributed by atoms with Gasteiger partial charge in [-0.2, -0.15) is 10.4 Å². The minimum atomic E-state index is -0.396. The quantitative estimate of drug-likeness (QED) is 0.496. The van der Waals surface area contributed by atoms with Gasteiger partial charge in [0, 0.05) is 13.1 Å². The molecule has 0 atom stereocenters. The predicted molar refractivity (Wildman–Crippen MR) is 73.2 cm³/mol. The van der Waals surface area contributed by atoms with Crippen LogP contribution in [0.4, 0.5) is 10.1 Å². The second-order valence-electron chi connectivity index (χ2n) is 4.14. The van der Waals surface area contributed by atoms with Gasteiger partial charge in [-0.15, -0.1) is 0 Å². The molecule has 2 N–H and O–H groups in total. The molecule has 0 amide bonds. The number of amidine groups is 1. The number of ether oxygens (including phenoxy) is 1. The maximum absolute atomic E-state index is 13.0. The van der Waals surface area contributed by atoms with Crippen LogP contribution in [0.15, 0.2) is 29.4 Å². The number of hydrogen-bond donors (Lipinski definition) is 2. The van der Waals surface area contributed by atoms with Crippen molar-refractivity contribution in [1.82, 2.24) is 4.90 Å². The molecule has 1 aliphatic heterocycles. The smallest absolute Gasteiger partial charge is 0.202 e. The first kappa shape index (κ1) is 14.0. The molecule has 20 heavy (non-hydrogen) atoms. The van der Waals surface area contributed by atoms with Gasteiger partial charge in [0.25, 0.3) is 0 Å². The van der Waals surface area contributed by atoms with Gasteiger partial charge in [0.2, 0.25) is 5.71 Å². The van der Waals surface area contributed by atoms with Gasteiger partial charge in [0.05, 0.1) is 18.9 Å². The van der Waals surface area contributed by atoms with E-state index in [4.69, 9.17) is 15.4 Å². The van der Waals surface area contributed by atoms with Gasteiger partial charge in [-0.25, -0.2) is 4.39 Å². The van der Waals surface area contributed by atoms with E-state index >= 15 is 0 Å². The Morgan fingerprint density at radius 2 is 2.20 bits per heavy atom. The topological polar surface area (TPSA) is 84.5 Å². The number of hydrazone groups is 1. The molecule has 0 bridgehead atoms. The minimum absolute atomic E-state index is 0.0414. The maximum Gasteiger partial charge on any atom is 0.202 e. The molecule has 1 fully saturated rings. The fraction of sp³-hybridized carbons (Fsp3) is 0.308. The zero-order valence-corrected chi connectivity index (χ0v) is 10.8. The Morgan fingerprint density at radius 3 is 2.85 bits per heavy atom. The van der Waals surface area contributed by atoms with Gasteiger partial charge in [-0.1, -0.05) is 6.07 Å². The predicted octanol–water partition coefficient (Wildman–Crippen LogP) is 1.43. The molecular weight excluding hydrogens is 261 g/mol. The van der Waals surface area contributed by atoms with Crippen LogP contribution in [0, 0.1) is 22.6 Å². The standard InChI is InChI=1S/C13H14FN5O/c14-10-2-1-3-11(8-10)17-18-12(9-15)13(16)19-4-6-20-7-5-19/h1-3,8,16-17H,4-7H2/b16-13?,18-12+. The molecule has 1 saturated heterocycles. The number of nitriles is 1. The van der Waals surface area contributed by atoms with E-state index in [-0.39, 0.29) is 11.5 Å². The molecule has 6 nitrogen and oxygen atoms in total. The number of anilines is 1. The highest BCUT2D eigenvalue weighted by molar-refractivity contribution is 6.46. The lowest BCUT2D eigenvalue weighted by Crippen LogP contribution is -2.43. The van der Waals surface area contributed by atoms with E-state index in [2.05, 4.69) is 10.5 Å². The SMILES string of the molecule is N#C/C(=N\Nc1cccc(F)c1)C(=N)N1CCOCC1. The summed E-state index contributed by atoms with van der Waals surface area (Å²) in [4.78, 5) is 1.72. The normalized spacial score (nSPS) is 15.6. The van der Waals surface area contributed by atoms with Gasteiger partial charge < -0.3 is 9.64 Å². The zero-order valence-electron chi connectivity index (χ0n) is 10.8. The Labute approximate surface area is 116 Å². The Hall–Kier alpha value is -2.46. The number of nitrogens with one attached hydrogen (secondary N) is 2. The van der Waals surface area contributed by atoms with E-state index in [1.54, 1.807) is 11.0 Å². The molecule has 0 aromatic heterocycles. The molecule has 7 heteroatoms. The highest BCUT2D eigenvalue weighted by Crippen LogP contribution is 2.09. The average Bonchev–Trinajstić information content (AvgIpc) is 2.48. The number of rotatable bonds is 3. The third kappa shape index (κ3) is 3.52. The molecule has 1 heterocycles. The maximum atomic E-state index is 13.0. The molecule has 0 radical (unpaired) electrons. The van der Waals surface area contributed by atoms with E-state index < -0.39 is 5.82 Å². The fourth-order valence-electron chi connectivity index (χ4n) is 1.75. The highest BCUT2D eigenvalue weighted by Gasteiger charge is 2.18. The van der Waals surface area contributed by atoms with Crippen molar-refractivity contribution in [2.24, 2.45) is 5.10 Å². The monoisotopic (exact) mass is 275 g/mol. The summed E-state index contributed by atoms with van der Waals surface area (Å²) in [6.07, 6.45) is 0. The van der Waals surface area contributed by atoms with E-state index in [9.17, 15) is 4.39 Å². The molecule has 0 aliphatic carbocycles. The molecule has 0 saturated carbocycles. The Morgan fingerprint density at radius 1 is 1.45 bits per heavy atom. The number of morpholine rings is 1. The van der Waals surface area contributed by atoms with Crippen LogP contribution in [-0.4, -0.2) is 42.8 Å². The van der Waals surface area contributed by atoms with Crippen molar-refractivity contribution in [1.29, 1.82) is 10.7 Å². The Bertz CT molecular complexity index is 560. The van der Waals surface area contributed by atoms with Gasteiger partial charge >= 0.3 is 0 Å². The Balaban J connectivity index is 2.05. The van der Waals surface area contributed by atoms with E-state index in [1.807, 2.05) is 6.07 Å². The minimum Gasteiger partial charge on any atom is -0.378 e. The second-order valence-corrected chi connectivity index (χ2v) is 4.14. The summed E-state index contributed by atoms with van der Waals surface area (Å²) < 4.78 is 18.2. The summed E-state index contributed by atoms with van der Waals surface area (Å²) in [5.41, 5.74) is 2.96. The number of benzene rings is 1. The molecule has 104 valence electrons. The molecule has 0 unspecified atom stereocenters. The van der Waals surface area contributed by atoms with Crippen LogP contribution >= 0.6 is 0 Å². The van der Waals surface area contributed by atoms with Crippen LogP contribution in [0.2, 0.25) is 0 Å². The highest BCUT2D eigenvalue weighted by atomic mass is 19.1. The number of halogens is 1. The third-order valence-electron chi connectivity index (χ3n) is 2.78. The Kier molecular flexibility index (Phi) is 4.63. The summed E-state index contributed by atoms with van der Waals surface area (Å²) in [6, 6.07) is 7.61. The van der Waals surface area contributed by atoms with Crippen molar-refractivity contribution < 1.29 is 9.13 Å². The third-order valence-corrected chi connectivity index (χ3v) is 2.78. The van der Waals surface area contributed by atoms with Gasteiger partial charge in [-0.3, -0.25) is 10.8 Å². The van der Waals surface area contributed by atoms with Crippen molar-refractivity contribution in [3.05, 3.63) is 30.1 Å².